The molecule has 1 heterocycles. The van der Waals surface area contributed by atoms with E-state index in [-0.39, 0.29) is 5.91 Å². The van der Waals surface area contributed by atoms with E-state index >= 15 is 0 Å². The van der Waals surface area contributed by atoms with Gasteiger partial charge in [-0.25, -0.2) is 4.98 Å². The van der Waals surface area contributed by atoms with Gasteiger partial charge >= 0.3 is 0 Å². The molecule has 1 aromatic heterocycles. The summed E-state index contributed by atoms with van der Waals surface area (Å²) in [7, 11) is 0. The molecule has 0 spiro atoms. The maximum absolute atomic E-state index is 12.3. The number of para-hydroxylation sites is 1. The number of hydrogen-bond acceptors (Lipinski definition) is 4. The lowest BCUT2D eigenvalue weighted by Gasteiger charge is -2.14. The molecule has 0 aliphatic heterocycles. The van der Waals surface area contributed by atoms with E-state index in [0.717, 1.165) is 35.0 Å². The van der Waals surface area contributed by atoms with E-state index in [0.29, 0.717) is 18.9 Å². The molecule has 0 fully saturated rings. The molecule has 1 unspecified atom stereocenters. The largest absolute Gasteiger partial charge is 0.493 e. The maximum Gasteiger partial charge on any atom is 0.226 e. The first-order valence-corrected chi connectivity index (χ1v) is 10.5. The number of ether oxygens (including phenoxy) is 1. The van der Waals surface area contributed by atoms with Gasteiger partial charge in [-0.2, -0.15) is 0 Å². The predicted molar refractivity (Wildman–Crippen MR) is 109 cm³/mol. The third-order valence-corrected chi connectivity index (χ3v) is 5.37. The van der Waals surface area contributed by atoms with Crippen molar-refractivity contribution in [1.82, 2.24) is 10.3 Å². The summed E-state index contributed by atoms with van der Waals surface area (Å²) in [5, 5.41) is 5.93. The minimum atomic E-state index is 0.0508. The van der Waals surface area contributed by atoms with Crippen LogP contribution in [0.5, 0.6) is 5.75 Å². The molecule has 0 bridgehead atoms. The highest BCUT2D eigenvalue weighted by atomic mass is 32.1. The fourth-order valence-electron chi connectivity index (χ4n) is 2.87. The second-order valence-corrected chi connectivity index (χ2v) is 7.33. The molecular weight excluding hydrogens is 344 g/mol. The van der Waals surface area contributed by atoms with Crippen LogP contribution in [-0.2, 0) is 11.2 Å². The smallest absolute Gasteiger partial charge is 0.226 e. The lowest BCUT2D eigenvalue weighted by Crippen LogP contribution is -2.30. The van der Waals surface area contributed by atoms with Crippen LogP contribution in [0.1, 0.15) is 52.1 Å². The summed E-state index contributed by atoms with van der Waals surface area (Å²) in [5.41, 5.74) is 1.80. The molecule has 0 aliphatic carbocycles. The topological polar surface area (TPSA) is 51.2 Å². The van der Waals surface area contributed by atoms with Crippen LogP contribution in [0.2, 0.25) is 0 Å². The van der Waals surface area contributed by atoms with Crippen LogP contribution in [0.25, 0.3) is 10.6 Å². The molecule has 142 valence electrons. The Kier molecular flexibility index (Phi) is 8.62. The van der Waals surface area contributed by atoms with E-state index in [9.17, 15) is 4.79 Å². The van der Waals surface area contributed by atoms with Crippen molar-refractivity contribution in [3.8, 4) is 16.3 Å². The van der Waals surface area contributed by atoms with Crippen molar-refractivity contribution in [1.29, 1.82) is 0 Å². The summed E-state index contributed by atoms with van der Waals surface area (Å²) < 4.78 is 5.68. The summed E-state index contributed by atoms with van der Waals surface area (Å²) in [6.07, 6.45) is 5.05. The van der Waals surface area contributed by atoms with Gasteiger partial charge in [-0.3, -0.25) is 4.79 Å². The number of nitrogens with one attached hydrogen (secondary N) is 1. The molecule has 1 amide bonds. The van der Waals surface area contributed by atoms with Crippen molar-refractivity contribution in [3.05, 3.63) is 35.3 Å². The SMILES string of the molecule is CCCCC(CC)CNC(=O)Cc1csc(-c2ccccc2OCC)n1. The van der Waals surface area contributed by atoms with Crippen LogP contribution in [0, 0.1) is 5.92 Å². The monoisotopic (exact) mass is 374 g/mol. The second kappa shape index (κ2) is 11.0. The fraction of sp³-hybridized carbons (Fsp3) is 0.524. The first-order valence-electron chi connectivity index (χ1n) is 9.61. The van der Waals surface area contributed by atoms with Gasteiger partial charge in [0.05, 0.1) is 24.3 Å². The van der Waals surface area contributed by atoms with E-state index in [4.69, 9.17) is 4.74 Å². The Morgan fingerprint density at radius 1 is 1.27 bits per heavy atom. The molecule has 2 rings (SSSR count). The van der Waals surface area contributed by atoms with E-state index in [2.05, 4.69) is 24.1 Å². The number of carbonyl (C=O) groups is 1. The highest BCUT2D eigenvalue weighted by Gasteiger charge is 2.13. The molecule has 0 saturated heterocycles. The van der Waals surface area contributed by atoms with Crippen LogP contribution >= 0.6 is 11.3 Å². The number of thiazole rings is 1. The van der Waals surface area contributed by atoms with E-state index in [1.54, 1.807) is 11.3 Å². The van der Waals surface area contributed by atoms with Crippen molar-refractivity contribution in [3.63, 3.8) is 0 Å². The van der Waals surface area contributed by atoms with E-state index in [1.165, 1.54) is 19.3 Å². The van der Waals surface area contributed by atoms with Crippen LogP contribution in [0.15, 0.2) is 29.6 Å². The van der Waals surface area contributed by atoms with Crippen molar-refractivity contribution >= 4 is 17.2 Å². The van der Waals surface area contributed by atoms with Crippen LogP contribution in [0.3, 0.4) is 0 Å². The Morgan fingerprint density at radius 2 is 2.08 bits per heavy atom. The maximum atomic E-state index is 12.3. The van der Waals surface area contributed by atoms with Crippen molar-refractivity contribution in [2.45, 2.75) is 52.9 Å². The van der Waals surface area contributed by atoms with Gasteiger partial charge in [-0.1, -0.05) is 45.2 Å². The van der Waals surface area contributed by atoms with E-state index < -0.39 is 0 Å². The summed E-state index contributed by atoms with van der Waals surface area (Å²) in [6.45, 7) is 7.75. The lowest BCUT2D eigenvalue weighted by molar-refractivity contribution is -0.120. The number of benzene rings is 1. The zero-order valence-corrected chi connectivity index (χ0v) is 16.9. The molecule has 1 atom stereocenters. The first kappa shape index (κ1) is 20.4. The molecular formula is C21H30N2O2S. The van der Waals surface area contributed by atoms with Crippen LogP contribution < -0.4 is 10.1 Å². The Labute approximate surface area is 161 Å². The minimum Gasteiger partial charge on any atom is -0.493 e. The number of rotatable bonds is 11. The molecule has 0 saturated carbocycles. The summed E-state index contributed by atoms with van der Waals surface area (Å²) in [6, 6.07) is 7.90. The van der Waals surface area contributed by atoms with Gasteiger partial charge in [0.15, 0.2) is 0 Å². The first-order chi connectivity index (χ1) is 12.7. The lowest BCUT2D eigenvalue weighted by atomic mass is 9.99. The minimum absolute atomic E-state index is 0.0508. The van der Waals surface area contributed by atoms with Gasteiger partial charge in [-0.05, 0) is 31.4 Å². The zero-order valence-electron chi connectivity index (χ0n) is 16.1. The predicted octanol–water partition coefficient (Wildman–Crippen LogP) is 5.08. The number of unbranched alkanes of at least 4 members (excludes halogenated alkanes) is 1. The molecule has 1 aromatic carbocycles. The third kappa shape index (κ3) is 6.13. The van der Waals surface area contributed by atoms with Gasteiger partial charge in [0.1, 0.15) is 10.8 Å². The Morgan fingerprint density at radius 3 is 2.81 bits per heavy atom. The highest BCUT2D eigenvalue weighted by Crippen LogP contribution is 2.32. The number of carbonyl (C=O) groups excluding carboxylic acids is 1. The van der Waals surface area contributed by atoms with E-state index in [1.807, 2.05) is 36.6 Å². The quantitative estimate of drug-likeness (QED) is 0.596. The number of amides is 1. The fourth-order valence-corrected chi connectivity index (χ4v) is 3.71. The average molecular weight is 375 g/mol. The van der Waals surface area contributed by atoms with Crippen LogP contribution in [-0.4, -0.2) is 24.0 Å². The summed E-state index contributed by atoms with van der Waals surface area (Å²) >= 11 is 1.55. The molecule has 26 heavy (non-hydrogen) atoms. The third-order valence-electron chi connectivity index (χ3n) is 4.44. The molecule has 4 nitrogen and oxygen atoms in total. The Balaban J connectivity index is 1.93. The molecule has 5 heteroatoms. The summed E-state index contributed by atoms with van der Waals surface area (Å²) in [4.78, 5) is 16.9. The standard InChI is InChI=1S/C21H30N2O2S/c1-4-7-10-16(5-2)14-22-20(24)13-17-15-26-21(23-17)18-11-8-9-12-19(18)25-6-3/h8-9,11-12,15-16H,4-7,10,13-14H2,1-3H3,(H,22,24). The number of hydrogen-bond donors (Lipinski definition) is 1. The van der Waals surface area contributed by atoms with Crippen molar-refractivity contribution in [2.24, 2.45) is 5.92 Å². The average Bonchev–Trinajstić information content (AvgIpc) is 3.11. The Hall–Kier alpha value is -1.88. The highest BCUT2D eigenvalue weighted by molar-refractivity contribution is 7.13. The van der Waals surface area contributed by atoms with Gasteiger partial charge in [0.2, 0.25) is 5.91 Å². The second-order valence-electron chi connectivity index (χ2n) is 6.47. The van der Waals surface area contributed by atoms with Crippen molar-refractivity contribution < 1.29 is 9.53 Å². The van der Waals surface area contributed by atoms with Gasteiger partial charge in [0, 0.05) is 11.9 Å². The normalized spacial score (nSPS) is 12.0. The summed E-state index contributed by atoms with van der Waals surface area (Å²) in [5.74, 6) is 1.46. The van der Waals surface area contributed by atoms with Gasteiger partial charge in [-0.15, -0.1) is 11.3 Å². The Bertz CT molecular complexity index is 684. The molecule has 0 radical (unpaired) electrons. The van der Waals surface area contributed by atoms with Gasteiger partial charge in [0.25, 0.3) is 0 Å². The molecule has 2 aromatic rings. The number of aromatic nitrogens is 1. The molecule has 1 N–H and O–H groups in total. The van der Waals surface area contributed by atoms with Crippen LogP contribution in [0.4, 0.5) is 0 Å². The van der Waals surface area contributed by atoms with Gasteiger partial charge < -0.3 is 10.1 Å². The zero-order chi connectivity index (χ0) is 18.8. The number of nitrogens with zero attached hydrogens (tertiary/aromatic N) is 1. The molecule has 0 aliphatic rings. The van der Waals surface area contributed by atoms with Crippen molar-refractivity contribution in [2.75, 3.05) is 13.2 Å².